The van der Waals surface area contributed by atoms with E-state index in [0.717, 1.165) is 11.1 Å². The van der Waals surface area contributed by atoms with Crippen molar-refractivity contribution in [3.63, 3.8) is 0 Å². The van der Waals surface area contributed by atoms with Crippen molar-refractivity contribution in [3.05, 3.63) is 83.4 Å². The summed E-state index contributed by atoms with van der Waals surface area (Å²) >= 11 is 0. The summed E-state index contributed by atoms with van der Waals surface area (Å²) in [5, 5.41) is 21.9. The van der Waals surface area contributed by atoms with E-state index in [1.54, 1.807) is 0 Å². The monoisotopic (exact) mass is 385 g/mol. The highest BCUT2D eigenvalue weighted by molar-refractivity contribution is 5.79. The molecule has 1 amide bonds. The quantitative estimate of drug-likeness (QED) is 0.596. The minimum absolute atomic E-state index is 0.00236. The molecule has 5 nitrogen and oxygen atoms in total. The third kappa shape index (κ3) is 3.74. The number of benzene rings is 3. The van der Waals surface area contributed by atoms with E-state index in [1.165, 1.54) is 29.3 Å². The first-order valence-electron chi connectivity index (χ1n) is 9.24. The molecule has 5 heteroatoms. The molecule has 4 rings (SSSR count). The Hall–Kier alpha value is -3.91. The highest BCUT2D eigenvalue weighted by Crippen LogP contribution is 2.44. The molecular formula is C24H19NO4. The van der Waals surface area contributed by atoms with Crippen LogP contribution < -0.4 is 5.32 Å². The first-order chi connectivity index (χ1) is 14.1. The molecule has 0 heterocycles. The fourth-order valence-electron chi connectivity index (χ4n) is 3.55. The molecular weight excluding hydrogens is 366 g/mol. The van der Waals surface area contributed by atoms with Gasteiger partial charge in [0.25, 0.3) is 0 Å². The van der Waals surface area contributed by atoms with Crippen LogP contribution in [-0.2, 0) is 4.74 Å². The van der Waals surface area contributed by atoms with Gasteiger partial charge in [0.05, 0.1) is 6.54 Å². The zero-order valence-electron chi connectivity index (χ0n) is 15.6. The molecule has 0 fully saturated rings. The number of nitrogens with one attached hydrogen (secondary N) is 1. The van der Waals surface area contributed by atoms with Crippen LogP contribution in [0.1, 0.15) is 22.6 Å². The van der Waals surface area contributed by atoms with Crippen molar-refractivity contribution < 1.29 is 19.7 Å². The first kappa shape index (κ1) is 18.5. The van der Waals surface area contributed by atoms with Crippen LogP contribution in [0.5, 0.6) is 11.5 Å². The summed E-state index contributed by atoms with van der Waals surface area (Å²) in [6.45, 7) is 0.262. The van der Waals surface area contributed by atoms with Gasteiger partial charge in [-0.25, -0.2) is 4.79 Å². The predicted octanol–water partition coefficient (Wildman–Crippen LogP) is 3.99. The van der Waals surface area contributed by atoms with Crippen LogP contribution in [0.15, 0.2) is 66.7 Å². The van der Waals surface area contributed by atoms with Gasteiger partial charge in [-0.15, -0.1) is 0 Å². The molecule has 3 aromatic rings. The lowest BCUT2D eigenvalue weighted by molar-refractivity contribution is 0.144. The zero-order chi connectivity index (χ0) is 20.2. The van der Waals surface area contributed by atoms with Crippen LogP contribution >= 0.6 is 0 Å². The van der Waals surface area contributed by atoms with E-state index in [1.807, 2.05) is 24.3 Å². The summed E-state index contributed by atoms with van der Waals surface area (Å²) in [6.07, 6.45) is -0.567. The largest absolute Gasteiger partial charge is 0.507 e. The molecule has 144 valence electrons. The van der Waals surface area contributed by atoms with Crippen LogP contribution in [-0.4, -0.2) is 29.5 Å². The summed E-state index contributed by atoms with van der Waals surface area (Å²) < 4.78 is 5.42. The van der Waals surface area contributed by atoms with Crippen molar-refractivity contribution in [2.75, 3.05) is 13.2 Å². The average molecular weight is 385 g/mol. The van der Waals surface area contributed by atoms with Crippen molar-refractivity contribution in [2.45, 2.75) is 5.92 Å². The van der Waals surface area contributed by atoms with Gasteiger partial charge in [-0.05, 0) is 34.4 Å². The van der Waals surface area contributed by atoms with E-state index in [-0.39, 0.29) is 36.1 Å². The molecule has 3 aromatic carbocycles. The molecule has 3 N–H and O–H groups in total. The van der Waals surface area contributed by atoms with Crippen LogP contribution in [0.4, 0.5) is 4.79 Å². The van der Waals surface area contributed by atoms with Gasteiger partial charge in [0.2, 0.25) is 0 Å². The summed E-state index contributed by atoms with van der Waals surface area (Å²) in [5.74, 6) is 5.10. The lowest BCUT2D eigenvalue weighted by Crippen LogP contribution is -2.26. The Labute approximate surface area is 168 Å². The van der Waals surface area contributed by atoms with Gasteiger partial charge in [-0.1, -0.05) is 66.4 Å². The summed E-state index contributed by atoms with van der Waals surface area (Å²) in [4.78, 5) is 12.1. The second kappa shape index (κ2) is 7.99. The van der Waals surface area contributed by atoms with Gasteiger partial charge in [-0.2, -0.15) is 0 Å². The zero-order valence-corrected chi connectivity index (χ0v) is 15.6. The molecule has 1 aliphatic rings. The lowest BCUT2D eigenvalue weighted by Gasteiger charge is -2.14. The van der Waals surface area contributed by atoms with E-state index in [2.05, 4.69) is 41.4 Å². The minimum Gasteiger partial charge on any atom is -0.507 e. The molecule has 0 aliphatic heterocycles. The first-order valence-corrected chi connectivity index (χ1v) is 9.24. The van der Waals surface area contributed by atoms with Gasteiger partial charge in [-0.3, -0.25) is 0 Å². The third-order valence-corrected chi connectivity index (χ3v) is 4.90. The van der Waals surface area contributed by atoms with Crippen LogP contribution in [0.2, 0.25) is 0 Å². The SMILES string of the molecule is O=C(NCC#Cc1c(O)cccc1O)OCC1c2ccccc2-c2ccccc21. The molecule has 0 saturated heterocycles. The Morgan fingerprint density at radius 1 is 0.897 bits per heavy atom. The number of alkyl carbamates (subject to hydrolysis) is 1. The van der Waals surface area contributed by atoms with E-state index >= 15 is 0 Å². The molecule has 0 spiro atoms. The summed E-state index contributed by atoms with van der Waals surface area (Å²) in [6, 6.07) is 20.7. The average Bonchev–Trinajstić information content (AvgIpc) is 3.05. The fourth-order valence-corrected chi connectivity index (χ4v) is 3.55. The molecule has 0 bridgehead atoms. The van der Waals surface area contributed by atoms with Crippen molar-refractivity contribution >= 4 is 6.09 Å². The topological polar surface area (TPSA) is 78.8 Å². The second-order valence-electron chi connectivity index (χ2n) is 6.65. The molecule has 0 aromatic heterocycles. The highest BCUT2D eigenvalue weighted by atomic mass is 16.5. The fraction of sp³-hybridized carbons (Fsp3) is 0.125. The maximum absolute atomic E-state index is 12.1. The van der Waals surface area contributed by atoms with Crippen molar-refractivity contribution in [1.29, 1.82) is 0 Å². The molecule has 29 heavy (non-hydrogen) atoms. The number of phenolic OH excluding ortho intramolecular Hbond substituents is 2. The second-order valence-corrected chi connectivity index (χ2v) is 6.65. The normalized spacial score (nSPS) is 11.7. The lowest BCUT2D eigenvalue weighted by atomic mass is 9.98. The number of hydrogen-bond donors (Lipinski definition) is 3. The summed E-state index contributed by atoms with van der Waals surface area (Å²) in [5.41, 5.74) is 4.77. The number of rotatable bonds is 3. The molecule has 1 aliphatic carbocycles. The van der Waals surface area contributed by atoms with Gasteiger partial charge in [0.1, 0.15) is 23.7 Å². The number of carbonyl (C=O) groups excluding carboxylic acids is 1. The van der Waals surface area contributed by atoms with Crippen LogP contribution in [0.3, 0.4) is 0 Å². The van der Waals surface area contributed by atoms with Crippen molar-refractivity contribution in [2.24, 2.45) is 0 Å². The Kier molecular flexibility index (Phi) is 5.08. The Bertz CT molecular complexity index is 1060. The summed E-state index contributed by atoms with van der Waals surface area (Å²) in [7, 11) is 0. The van der Waals surface area contributed by atoms with Crippen LogP contribution in [0, 0.1) is 11.8 Å². The van der Waals surface area contributed by atoms with E-state index in [4.69, 9.17) is 4.74 Å². The van der Waals surface area contributed by atoms with Crippen LogP contribution in [0.25, 0.3) is 11.1 Å². The smallest absolute Gasteiger partial charge is 0.407 e. The van der Waals surface area contributed by atoms with Gasteiger partial charge in [0.15, 0.2) is 0 Å². The molecule has 0 radical (unpaired) electrons. The van der Waals surface area contributed by atoms with Crippen molar-refractivity contribution in [1.82, 2.24) is 5.32 Å². The van der Waals surface area contributed by atoms with Gasteiger partial charge >= 0.3 is 6.09 Å². The Balaban J connectivity index is 1.37. The number of amides is 1. The molecule has 0 saturated carbocycles. The number of aromatic hydroxyl groups is 2. The third-order valence-electron chi connectivity index (χ3n) is 4.90. The number of fused-ring (bicyclic) bond motifs is 3. The highest BCUT2D eigenvalue weighted by Gasteiger charge is 2.28. The maximum Gasteiger partial charge on any atom is 0.407 e. The molecule has 0 atom stereocenters. The Morgan fingerprint density at radius 2 is 1.48 bits per heavy atom. The standard InChI is InChI=1S/C24H19NO4/c26-22-12-5-13-23(27)20(22)11-6-14-25-24(28)29-15-21-18-9-3-1-7-16(18)17-8-2-4-10-19(17)21/h1-5,7-10,12-13,21,26-27H,14-15H2,(H,25,28). The number of ether oxygens (including phenoxy) is 1. The number of hydrogen-bond acceptors (Lipinski definition) is 4. The van der Waals surface area contributed by atoms with Gasteiger partial charge in [0, 0.05) is 5.92 Å². The van der Waals surface area contributed by atoms with Gasteiger partial charge < -0.3 is 20.3 Å². The van der Waals surface area contributed by atoms with Crippen molar-refractivity contribution in [3.8, 4) is 34.5 Å². The number of carbonyl (C=O) groups is 1. The Morgan fingerprint density at radius 3 is 2.10 bits per heavy atom. The maximum atomic E-state index is 12.1. The van der Waals surface area contributed by atoms with E-state index in [0.29, 0.717) is 0 Å². The van der Waals surface area contributed by atoms with E-state index < -0.39 is 6.09 Å². The minimum atomic E-state index is -0.567. The predicted molar refractivity (Wildman–Crippen MR) is 110 cm³/mol. The number of phenols is 2. The molecule has 0 unspecified atom stereocenters. The van der Waals surface area contributed by atoms with E-state index in [9.17, 15) is 15.0 Å².